The lowest BCUT2D eigenvalue weighted by Crippen LogP contribution is -2.38. The van der Waals surface area contributed by atoms with E-state index in [0.29, 0.717) is 33.0 Å². The number of benzene rings is 1. The second kappa shape index (κ2) is 7.70. The SMILES string of the molecule is CN(Cc1cc(Cl)ccc1C#N)C(=O)c1n[nH]c2ncnc(N[C@H]3[C@H](O)[C@H](O)[C@@H]4C[C@@H]43)c12. The van der Waals surface area contributed by atoms with Crippen molar-refractivity contribution in [3.63, 3.8) is 0 Å². The number of aliphatic hydroxyl groups excluding tert-OH is 2. The fourth-order valence-electron chi connectivity index (χ4n) is 4.54. The fourth-order valence-corrected chi connectivity index (χ4v) is 4.74. The van der Waals surface area contributed by atoms with Crippen molar-refractivity contribution >= 4 is 34.4 Å². The van der Waals surface area contributed by atoms with Crippen LogP contribution < -0.4 is 5.32 Å². The number of rotatable bonds is 5. The summed E-state index contributed by atoms with van der Waals surface area (Å²) in [5.41, 5.74) is 1.54. The van der Waals surface area contributed by atoms with Crippen LogP contribution in [0.3, 0.4) is 0 Å². The normalized spacial score (nSPS) is 25.9. The molecule has 2 heterocycles. The highest BCUT2D eigenvalue weighted by Gasteiger charge is 2.59. The van der Waals surface area contributed by atoms with E-state index in [4.69, 9.17) is 11.6 Å². The first-order valence-electron chi connectivity index (χ1n) is 10.1. The van der Waals surface area contributed by atoms with E-state index >= 15 is 0 Å². The van der Waals surface area contributed by atoms with Gasteiger partial charge in [0.2, 0.25) is 0 Å². The summed E-state index contributed by atoms with van der Waals surface area (Å²) in [5, 5.41) is 40.8. The Morgan fingerprint density at radius 1 is 1.34 bits per heavy atom. The number of amides is 1. The molecule has 3 aromatic rings. The molecule has 2 aliphatic carbocycles. The van der Waals surface area contributed by atoms with Gasteiger partial charge in [0.05, 0.1) is 29.2 Å². The Morgan fingerprint density at radius 3 is 2.88 bits per heavy atom. The number of nitrogens with zero attached hydrogens (tertiary/aromatic N) is 5. The molecular formula is C21H20ClN7O3. The van der Waals surface area contributed by atoms with Gasteiger partial charge in [0.25, 0.3) is 5.91 Å². The lowest BCUT2D eigenvalue weighted by molar-refractivity contribution is 0.0201. The van der Waals surface area contributed by atoms with Crippen LogP contribution in [-0.2, 0) is 6.54 Å². The van der Waals surface area contributed by atoms with E-state index in [2.05, 4.69) is 31.6 Å². The number of aliphatic hydroxyl groups is 2. The molecule has 1 aromatic carbocycles. The summed E-state index contributed by atoms with van der Waals surface area (Å²) < 4.78 is 0. The first-order valence-corrected chi connectivity index (χ1v) is 10.5. The Hall–Kier alpha value is -3.26. The second-order valence-electron chi connectivity index (χ2n) is 8.31. The van der Waals surface area contributed by atoms with E-state index in [9.17, 15) is 20.3 Å². The van der Waals surface area contributed by atoms with E-state index in [1.165, 1.54) is 11.2 Å². The topological polar surface area (TPSA) is 151 Å². The Labute approximate surface area is 187 Å². The maximum Gasteiger partial charge on any atom is 0.275 e. The van der Waals surface area contributed by atoms with Gasteiger partial charge in [-0.05, 0) is 42.0 Å². The number of aromatic nitrogens is 4. The number of hydrogen-bond donors (Lipinski definition) is 4. The third-order valence-corrected chi connectivity index (χ3v) is 6.55. The van der Waals surface area contributed by atoms with Crippen LogP contribution in [0.1, 0.15) is 28.0 Å². The second-order valence-corrected chi connectivity index (χ2v) is 8.74. The minimum atomic E-state index is -0.912. The molecule has 2 saturated carbocycles. The lowest BCUT2D eigenvalue weighted by atomic mass is 10.1. The monoisotopic (exact) mass is 453 g/mol. The fraction of sp³-hybridized carbons (Fsp3) is 0.381. The zero-order valence-corrected chi connectivity index (χ0v) is 17.8. The third kappa shape index (κ3) is 3.35. The van der Waals surface area contributed by atoms with Gasteiger partial charge in [0.15, 0.2) is 11.3 Å². The minimum Gasteiger partial charge on any atom is -0.390 e. The molecule has 0 radical (unpaired) electrons. The molecular weight excluding hydrogens is 434 g/mol. The molecule has 32 heavy (non-hydrogen) atoms. The number of anilines is 1. The highest BCUT2D eigenvalue weighted by Crippen LogP contribution is 2.52. The summed E-state index contributed by atoms with van der Waals surface area (Å²) >= 11 is 6.06. The molecule has 2 fully saturated rings. The summed E-state index contributed by atoms with van der Waals surface area (Å²) in [6.07, 6.45) is 0.502. The van der Waals surface area contributed by atoms with Crippen molar-refractivity contribution in [3.05, 3.63) is 46.4 Å². The largest absolute Gasteiger partial charge is 0.390 e. The van der Waals surface area contributed by atoms with Crippen LogP contribution in [0.25, 0.3) is 11.0 Å². The summed E-state index contributed by atoms with van der Waals surface area (Å²) in [4.78, 5) is 23.1. The first-order chi connectivity index (χ1) is 15.4. The van der Waals surface area contributed by atoms with Gasteiger partial charge in [0.1, 0.15) is 18.2 Å². The lowest BCUT2D eigenvalue weighted by Gasteiger charge is -2.22. The Bertz CT molecular complexity index is 1260. The van der Waals surface area contributed by atoms with Crippen LogP contribution >= 0.6 is 11.6 Å². The molecule has 0 spiro atoms. The quantitative estimate of drug-likeness (QED) is 0.451. The molecule has 0 aliphatic heterocycles. The molecule has 2 aliphatic rings. The molecule has 10 nitrogen and oxygen atoms in total. The van der Waals surface area contributed by atoms with Crippen molar-refractivity contribution in [2.24, 2.45) is 11.8 Å². The molecule has 0 saturated heterocycles. The first kappa shape index (κ1) is 20.6. The minimum absolute atomic E-state index is 0.0865. The number of nitrogens with one attached hydrogen (secondary N) is 2. The molecule has 4 N–H and O–H groups in total. The van der Waals surface area contributed by atoms with Crippen molar-refractivity contribution in [2.75, 3.05) is 12.4 Å². The highest BCUT2D eigenvalue weighted by atomic mass is 35.5. The average molecular weight is 454 g/mol. The third-order valence-electron chi connectivity index (χ3n) is 6.31. The Morgan fingerprint density at radius 2 is 2.16 bits per heavy atom. The molecule has 164 valence electrons. The maximum absolute atomic E-state index is 13.2. The van der Waals surface area contributed by atoms with Gasteiger partial charge in [0, 0.05) is 18.6 Å². The maximum atomic E-state index is 13.2. The summed E-state index contributed by atoms with van der Waals surface area (Å²) in [5.74, 6) is 0.216. The number of H-pyrrole nitrogens is 1. The van der Waals surface area contributed by atoms with Crippen LogP contribution in [0, 0.1) is 23.2 Å². The van der Waals surface area contributed by atoms with Crippen molar-refractivity contribution < 1.29 is 15.0 Å². The number of halogens is 1. The number of carbonyl (C=O) groups is 1. The van der Waals surface area contributed by atoms with E-state index in [1.807, 2.05) is 0 Å². The van der Waals surface area contributed by atoms with Crippen LogP contribution in [0.15, 0.2) is 24.5 Å². The molecule has 2 aromatic heterocycles. The van der Waals surface area contributed by atoms with E-state index in [0.717, 1.165) is 6.42 Å². The Balaban J connectivity index is 1.44. The van der Waals surface area contributed by atoms with Gasteiger partial charge in [-0.25, -0.2) is 9.97 Å². The van der Waals surface area contributed by atoms with Gasteiger partial charge in [-0.2, -0.15) is 10.4 Å². The standard InChI is InChI=1S/C21H20ClN7O3/c1-29(7-10-4-11(22)3-2-9(10)6-23)21(32)16-14-19(24-8-25-20(14)28-27-16)26-15-12-5-13(12)17(30)18(15)31/h2-4,8,12-13,15,17-18,30-31H,5,7H2,1H3,(H2,24,25,26,27,28)/t12-,13+,15+,17+,18-/m0/s1. The number of fused-ring (bicyclic) bond motifs is 2. The van der Waals surface area contributed by atoms with Gasteiger partial charge in [-0.3, -0.25) is 9.89 Å². The highest BCUT2D eigenvalue weighted by molar-refractivity contribution is 6.30. The number of hydrogen-bond acceptors (Lipinski definition) is 8. The molecule has 5 rings (SSSR count). The van der Waals surface area contributed by atoms with Crippen LogP contribution in [0.4, 0.5) is 5.82 Å². The van der Waals surface area contributed by atoms with E-state index in [1.54, 1.807) is 25.2 Å². The molecule has 0 unspecified atom stereocenters. The van der Waals surface area contributed by atoms with E-state index in [-0.39, 0.29) is 30.1 Å². The zero-order valence-electron chi connectivity index (χ0n) is 17.0. The van der Waals surface area contributed by atoms with Gasteiger partial charge in [-0.15, -0.1) is 0 Å². The summed E-state index contributed by atoms with van der Waals surface area (Å²) in [7, 11) is 1.60. The van der Waals surface area contributed by atoms with Crippen molar-refractivity contribution in [3.8, 4) is 6.07 Å². The molecule has 11 heteroatoms. The predicted molar refractivity (Wildman–Crippen MR) is 115 cm³/mol. The van der Waals surface area contributed by atoms with Gasteiger partial charge in [-0.1, -0.05) is 11.6 Å². The number of aromatic amines is 1. The van der Waals surface area contributed by atoms with E-state index < -0.39 is 18.1 Å². The summed E-state index contributed by atoms with van der Waals surface area (Å²) in [6, 6.07) is 6.63. The molecule has 0 bridgehead atoms. The van der Waals surface area contributed by atoms with Crippen molar-refractivity contribution in [1.82, 2.24) is 25.1 Å². The van der Waals surface area contributed by atoms with Crippen LogP contribution in [-0.4, -0.2) is 66.5 Å². The van der Waals surface area contributed by atoms with Crippen molar-refractivity contribution in [1.29, 1.82) is 5.26 Å². The average Bonchev–Trinajstić information content (AvgIpc) is 3.39. The Kier molecular flexibility index (Phi) is 4.97. The van der Waals surface area contributed by atoms with Crippen molar-refractivity contribution in [2.45, 2.75) is 31.2 Å². The van der Waals surface area contributed by atoms with Gasteiger partial charge < -0.3 is 20.4 Å². The van der Waals surface area contributed by atoms with Crippen LogP contribution in [0.2, 0.25) is 5.02 Å². The van der Waals surface area contributed by atoms with Gasteiger partial charge >= 0.3 is 0 Å². The number of carbonyl (C=O) groups excluding carboxylic acids is 1. The predicted octanol–water partition coefficient (Wildman–Crippen LogP) is 1.30. The zero-order chi connectivity index (χ0) is 22.6. The summed E-state index contributed by atoms with van der Waals surface area (Å²) in [6.45, 7) is 0.157. The van der Waals surface area contributed by atoms with Crippen LogP contribution in [0.5, 0.6) is 0 Å². The number of nitriles is 1. The molecule has 5 atom stereocenters. The smallest absolute Gasteiger partial charge is 0.275 e. The molecule has 1 amide bonds.